The summed E-state index contributed by atoms with van der Waals surface area (Å²) < 4.78 is 6.14. The van der Waals surface area contributed by atoms with Gasteiger partial charge in [0, 0.05) is 44.7 Å². The van der Waals surface area contributed by atoms with E-state index in [1.807, 2.05) is 29.2 Å². The fraction of sp³-hybridized carbons (Fsp3) is 0.562. The van der Waals surface area contributed by atoms with Gasteiger partial charge in [0.25, 0.3) is 0 Å². The predicted molar refractivity (Wildman–Crippen MR) is 152 cm³/mol. The van der Waals surface area contributed by atoms with Crippen molar-refractivity contribution in [1.82, 2.24) is 9.80 Å². The van der Waals surface area contributed by atoms with E-state index >= 15 is 0 Å². The monoisotopic (exact) mass is 519 g/mol. The first-order chi connectivity index (χ1) is 18.5. The molecule has 0 bridgehead atoms. The molecule has 0 radical (unpaired) electrons. The topological polar surface area (TPSA) is 75.9 Å². The van der Waals surface area contributed by atoms with Crippen LogP contribution in [0.5, 0.6) is 5.75 Å². The molecular weight excluding hydrogens is 474 g/mol. The molecule has 2 amide bonds. The Balaban J connectivity index is 1.44. The third-order valence-corrected chi connectivity index (χ3v) is 8.49. The lowest BCUT2D eigenvalue weighted by molar-refractivity contribution is -0.130. The van der Waals surface area contributed by atoms with E-state index in [4.69, 9.17) is 10.5 Å². The maximum absolute atomic E-state index is 12.0. The Morgan fingerprint density at radius 3 is 2.34 bits per heavy atom. The second-order valence-electron chi connectivity index (χ2n) is 11.1. The molecule has 0 aromatic heterocycles. The zero-order valence-electron chi connectivity index (χ0n) is 23.0. The summed E-state index contributed by atoms with van der Waals surface area (Å²) in [6.07, 6.45) is 9.81. The molecule has 2 aromatic rings. The Morgan fingerprint density at radius 2 is 1.66 bits per heavy atom. The summed E-state index contributed by atoms with van der Waals surface area (Å²) in [5.74, 6) is 1.83. The van der Waals surface area contributed by atoms with E-state index in [0.717, 1.165) is 62.7 Å². The normalized spacial score (nSPS) is 17.9. The summed E-state index contributed by atoms with van der Waals surface area (Å²) in [5.41, 5.74) is 7.73. The Bertz CT molecular complexity index is 1010. The van der Waals surface area contributed by atoms with Gasteiger partial charge in [-0.3, -0.25) is 14.5 Å². The zero-order chi connectivity index (χ0) is 26.7. The number of para-hydroxylation sites is 1. The molecule has 6 nitrogen and oxygen atoms in total. The van der Waals surface area contributed by atoms with Crippen molar-refractivity contribution in [1.29, 1.82) is 0 Å². The fourth-order valence-corrected chi connectivity index (χ4v) is 6.41. The highest BCUT2D eigenvalue weighted by molar-refractivity contribution is 5.77. The molecule has 1 heterocycles. The Morgan fingerprint density at radius 1 is 0.974 bits per heavy atom. The number of rotatable bonds is 12. The van der Waals surface area contributed by atoms with Crippen LogP contribution in [0, 0.1) is 5.92 Å². The lowest BCUT2D eigenvalue weighted by atomic mass is 9.76. The largest absolute Gasteiger partial charge is 0.493 e. The lowest BCUT2D eigenvalue weighted by Crippen LogP contribution is -2.48. The number of likely N-dealkylation sites (tertiary alicyclic amines) is 1. The highest BCUT2D eigenvalue weighted by atomic mass is 16.5. The Labute approximate surface area is 228 Å². The molecule has 6 heteroatoms. The first kappa shape index (κ1) is 28.2. The van der Waals surface area contributed by atoms with E-state index in [1.165, 1.54) is 37.7 Å². The molecule has 2 N–H and O–H groups in total. The average Bonchev–Trinajstić information content (AvgIpc) is 2.94. The van der Waals surface area contributed by atoms with Crippen molar-refractivity contribution in [2.75, 3.05) is 32.8 Å². The predicted octanol–water partition coefficient (Wildman–Crippen LogP) is 5.16. The Kier molecular flexibility index (Phi) is 10.6. The summed E-state index contributed by atoms with van der Waals surface area (Å²) in [4.78, 5) is 28.1. The van der Waals surface area contributed by atoms with Crippen LogP contribution >= 0.6 is 0 Å². The van der Waals surface area contributed by atoms with Gasteiger partial charge in [-0.2, -0.15) is 0 Å². The van der Waals surface area contributed by atoms with E-state index in [1.54, 1.807) is 6.92 Å². The van der Waals surface area contributed by atoms with Gasteiger partial charge < -0.3 is 15.4 Å². The molecule has 1 saturated carbocycles. The molecule has 38 heavy (non-hydrogen) atoms. The van der Waals surface area contributed by atoms with Crippen LogP contribution in [0.25, 0.3) is 0 Å². The van der Waals surface area contributed by atoms with E-state index in [0.29, 0.717) is 18.6 Å². The van der Waals surface area contributed by atoms with Crippen LogP contribution in [0.2, 0.25) is 0 Å². The number of primary amides is 1. The van der Waals surface area contributed by atoms with Crippen LogP contribution in [0.3, 0.4) is 0 Å². The van der Waals surface area contributed by atoms with Gasteiger partial charge in [-0.25, -0.2) is 0 Å². The van der Waals surface area contributed by atoms with Crippen molar-refractivity contribution in [3.63, 3.8) is 0 Å². The second kappa shape index (κ2) is 14.3. The number of amides is 2. The second-order valence-corrected chi connectivity index (χ2v) is 11.1. The Hall–Kier alpha value is -2.86. The van der Waals surface area contributed by atoms with Crippen molar-refractivity contribution >= 4 is 11.8 Å². The highest BCUT2D eigenvalue weighted by Gasteiger charge is 2.31. The maximum Gasteiger partial charge on any atom is 0.221 e. The van der Waals surface area contributed by atoms with Gasteiger partial charge >= 0.3 is 0 Å². The van der Waals surface area contributed by atoms with Crippen LogP contribution in [0.4, 0.5) is 0 Å². The molecule has 2 aliphatic rings. The minimum Gasteiger partial charge on any atom is -0.493 e. The summed E-state index contributed by atoms with van der Waals surface area (Å²) >= 11 is 0. The van der Waals surface area contributed by atoms with Crippen LogP contribution in [-0.2, 0) is 16.0 Å². The van der Waals surface area contributed by atoms with Gasteiger partial charge in [-0.15, -0.1) is 0 Å². The third-order valence-electron chi connectivity index (χ3n) is 8.49. The minimum atomic E-state index is -0.348. The maximum atomic E-state index is 12.0. The molecule has 2 aromatic carbocycles. The van der Waals surface area contributed by atoms with E-state index in [9.17, 15) is 9.59 Å². The van der Waals surface area contributed by atoms with Crippen molar-refractivity contribution in [3.8, 4) is 5.75 Å². The zero-order valence-corrected chi connectivity index (χ0v) is 23.0. The number of hydrogen-bond donors (Lipinski definition) is 1. The van der Waals surface area contributed by atoms with E-state index in [2.05, 4.69) is 35.2 Å². The van der Waals surface area contributed by atoms with Crippen molar-refractivity contribution in [2.24, 2.45) is 11.7 Å². The number of nitrogens with zero attached hydrogens (tertiary/aromatic N) is 2. The van der Waals surface area contributed by atoms with Crippen LogP contribution in [-0.4, -0.2) is 60.4 Å². The molecule has 1 saturated heterocycles. The quantitative estimate of drug-likeness (QED) is 0.393. The van der Waals surface area contributed by atoms with Gasteiger partial charge in [0.2, 0.25) is 11.8 Å². The molecule has 206 valence electrons. The molecule has 0 spiro atoms. The lowest BCUT2D eigenvalue weighted by Gasteiger charge is -2.42. The van der Waals surface area contributed by atoms with Crippen molar-refractivity contribution in [2.45, 2.75) is 76.7 Å². The number of carbonyl (C=O) groups excluding carboxylic acids is 2. The summed E-state index contributed by atoms with van der Waals surface area (Å²) in [6.45, 7) is 5.97. The minimum absolute atomic E-state index is 0.183. The number of carbonyl (C=O) groups is 2. The number of hydrogen-bond acceptors (Lipinski definition) is 4. The van der Waals surface area contributed by atoms with Crippen LogP contribution < -0.4 is 10.5 Å². The summed E-state index contributed by atoms with van der Waals surface area (Å²) in [7, 11) is 0. The van der Waals surface area contributed by atoms with Crippen LogP contribution in [0.15, 0.2) is 54.6 Å². The number of benzene rings is 2. The van der Waals surface area contributed by atoms with Crippen molar-refractivity contribution in [3.05, 3.63) is 65.7 Å². The molecular formula is C32H45N3O3. The van der Waals surface area contributed by atoms with E-state index < -0.39 is 0 Å². The van der Waals surface area contributed by atoms with Gasteiger partial charge in [-0.1, -0.05) is 67.8 Å². The first-order valence-electron chi connectivity index (χ1n) is 14.5. The fourth-order valence-electron chi connectivity index (χ4n) is 6.41. The van der Waals surface area contributed by atoms with E-state index in [-0.39, 0.29) is 18.2 Å². The SMILES string of the molecule is CC(=O)N1CCC(N(CCCOc2ccccc2CC(N)=O)CC(c2ccccc2)C2CCCCC2)CC1. The molecule has 1 aliphatic carbocycles. The van der Waals surface area contributed by atoms with Crippen molar-refractivity contribution < 1.29 is 14.3 Å². The standard InChI is InChI=1S/C32H45N3O3/c1-25(36)34-20-17-29(18-21-34)35(19-10-22-38-31-16-9-8-15-28(31)23-32(33)37)24-30(26-11-4-2-5-12-26)27-13-6-3-7-14-27/h2,4-5,8-9,11-12,15-16,27,29-30H,3,6-7,10,13-14,17-24H2,1H3,(H2,33,37). The first-order valence-corrected chi connectivity index (χ1v) is 14.5. The smallest absolute Gasteiger partial charge is 0.221 e. The molecule has 1 atom stereocenters. The number of ether oxygens (including phenoxy) is 1. The molecule has 1 unspecified atom stereocenters. The van der Waals surface area contributed by atoms with Gasteiger partial charge in [0.05, 0.1) is 13.0 Å². The number of piperidine rings is 1. The summed E-state index contributed by atoms with van der Waals surface area (Å²) in [5, 5.41) is 0. The van der Waals surface area contributed by atoms with Gasteiger partial charge in [-0.05, 0) is 55.6 Å². The number of nitrogens with two attached hydrogens (primary N) is 1. The average molecular weight is 520 g/mol. The summed E-state index contributed by atoms with van der Waals surface area (Å²) in [6, 6.07) is 19.2. The third kappa shape index (κ3) is 8.07. The van der Waals surface area contributed by atoms with Gasteiger partial charge in [0.15, 0.2) is 0 Å². The molecule has 1 aliphatic heterocycles. The van der Waals surface area contributed by atoms with Crippen LogP contribution in [0.1, 0.15) is 75.3 Å². The molecule has 2 fully saturated rings. The molecule has 4 rings (SSSR count). The highest BCUT2D eigenvalue weighted by Crippen LogP contribution is 2.37. The van der Waals surface area contributed by atoms with Gasteiger partial charge in [0.1, 0.15) is 5.75 Å².